The van der Waals surface area contributed by atoms with Gasteiger partial charge in [-0.2, -0.15) is 0 Å². The molecule has 1 atom stereocenters. The van der Waals surface area contributed by atoms with Gasteiger partial charge in [-0.25, -0.2) is 0 Å². The minimum absolute atomic E-state index is 0.661. The fourth-order valence-electron chi connectivity index (χ4n) is 2.50. The van der Waals surface area contributed by atoms with Crippen molar-refractivity contribution in [1.82, 2.24) is 0 Å². The molecule has 0 saturated heterocycles. The third-order valence-electron chi connectivity index (χ3n) is 3.44. The first-order chi connectivity index (χ1) is 8.66. The highest BCUT2D eigenvalue weighted by Gasteiger charge is 2.21. The first-order valence-electron chi connectivity index (χ1n) is 5.86. The molecule has 18 heavy (non-hydrogen) atoms. The highest BCUT2D eigenvalue weighted by Crippen LogP contribution is 2.37. The van der Waals surface area contributed by atoms with Crippen LogP contribution in [0.1, 0.15) is 22.7 Å². The van der Waals surface area contributed by atoms with Crippen LogP contribution in [0.4, 0.5) is 0 Å². The Hall–Kier alpha value is -2.13. The van der Waals surface area contributed by atoms with E-state index in [0.29, 0.717) is 5.56 Å². The molecule has 2 aromatic rings. The molecular weight excluding hydrogens is 226 g/mol. The molecule has 0 fully saturated rings. The van der Waals surface area contributed by atoms with Crippen molar-refractivity contribution in [2.24, 2.45) is 5.73 Å². The summed E-state index contributed by atoms with van der Waals surface area (Å²) < 4.78 is 0. The van der Waals surface area contributed by atoms with Gasteiger partial charge >= 0.3 is 5.97 Å². The second kappa shape index (κ2) is 3.96. The SMILES string of the molecule is N[C@H](C(=O)O)c1ccc2c(c1)Cc1ccccc1-2. The average Bonchev–Trinajstić information content (AvgIpc) is 2.75. The third kappa shape index (κ3) is 1.60. The van der Waals surface area contributed by atoms with Crippen LogP contribution in [0.25, 0.3) is 11.1 Å². The molecule has 0 aromatic heterocycles. The van der Waals surface area contributed by atoms with Crippen molar-refractivity contribution in [2.75, 3.05) is 0 Å². The Morgan fingerprint density at radius 1 is 1.11 bits per heavy atom. The number of carboxylic acids is 1. The van der Waals surface area contributed by atoms with E-state index in [-0.39, 0.29) is 0 Å². The van der Waals surface area contributed by atoms with Crippen molar-refractivity contribution in [2.45, 2.75) is 12.5 Å². The summed E-state index contributed by atoms with van der Waals surface area (Å²) in [6, 6.07) is 13.0. The Morgan fingerprint density at radius 3 is 2.61 bits per heavy atom. The fraction of sp³-hybridized carbons (Fsp3) is 0.133. The highest BCUT2D eigenvalue weighted by atomic mass is 16.4. The van der Waals surface area contributed by atoms with Crippen LogP contribution < -0.4 is 5.73 Å². The number of nitrogens with two attached hydrogens (primary N) is 1. The van der Waals surface area contributed by atoms with Crippen LogP contribution in [0.3, 0.4) is 0 Å². The van der Waals surface area contributed by atoms with Crippen molar-refractivity contribution in [3.05, 3.63) is 59.2 Å². The van der Waals surface area contributed by atoms with Gasteiger partial charge in [0.1, 0.15) is 6.04 Å². The summed E-state index contributed by atoms with van der Waals surface area (Å²) in [5.41, 5.74) is 11.2. The molecule has 0 radical (unpaired) electrons. The van der Waals surface area contributed by atoms with E-state index in [4.69, 9.17) is 10.8 Å². The highest BCUT2D eigenvalue weighted by molar-refractivity contribution is 5.79. The zero-order chi connectivity index (χ0) is 12.7. The molecule has 1 aliphatic rings. The smallest absolute Gasteiger partial charge is 0.325 e. The maximum absolute atomic E-state index is 10.9. The number of fused-ring (bicyclic) bond motifs is 3. The van der Waals surface area contributed by atoms with Gasteiger partial charge in [-0.05, 0) is 34.2 Å². The number of hydrogen-bond donors (Lipinski definition) is 2. The normalized spacial score (nSPS) is 13.8. The maximum Gasteiger partial charge on any atom is 0.325 e. The van der Waals surface area contributed by atoms with Gasteiger partial charge in [0.25, 0.3) is 0 Å². The molecule has 3 N–H and O–H groups in total. The van der Waals surface area contributed by atoms with E-state index in [2.05, 4.69) is 12.1 Å². The molecule has 0 amide bonds. The summed E-state index contributed by atoms with van der Waals surface area (Å²) in [4.78, 5) is 10.9. The lowest BCUT2D eigenvalue weighted by molar-refractivity contribution is -0.138. The molecule has 3 nitrogen and oxygen atoms in total. The number of rotatable bonds is 2. The van der Waals surface area contributed by atoms with Crippen molar-refractivity contribution in [3.8, 4) is 11.1 Å². The van der Waals surface area contributed by atoms with Crippen molar-refractivity contribution >= 4 is 5.97 Å². The molecule has 1 aliphatic carbocycles. The Balaban J connectivity index is 2.06. The quantitative estimate of drug-likeness (QED) is 0.721. The summed E-state index contributed by atoms with van der Waals surface area (Å²) in [5.74, 6) is -0.995. The van der Waals surface area contributed by atoms with Gasteiger partial charge in [0.05, 0.1) is 0 Å². The van der Waals surface area contributed by atoms with Crippen LogP contribution in [-0.2, 0) is 11.2 Å². The van der Waals surface area contributed by atoms with Gasteiger partial charge in [-0.3, -0.25) is 4.79 Å². The van der Waals surface area contributed by atoms with E-state index in [0.717, 1.165) is 12.0 Å². The molecule has 0 heterocycles. The predicted molar refractivity (Wildman–Crippen MR) is 69.2 cm³/mol. The Kier molecular flexibility index (Phi) is 2.42. The first kappa shape index (κ1) is 11.0. The maximum atomic E-state index is 10.9. The lowest BCUT2D eigenvalue weighted by Gasteiger charge is -2.09. The van der Waals surface area contributed by atoms with E-state index in [1.807, 2.05) is 24.3 Å². The number of hydrogen-bond acceptors (Lipinski definition) is 2. The lowest BCUT2D eigenvalue weighted by atomic mass is 10.00. The van der Waals surface area contributed by atoms with Crippen molar-refractivity contribution in [1.29, 1.82) is 0 Å². The molecule has 0 saturated carbocycles. The molecule has 0 unspecified atom stereocenters. The van der Waals surface area contributed by atoms with E-state index >= 15 is 0 Å². The Morgan fingerprint density at radius 2 is 1.83 bits per heavy atom. The standard InChI is InChI=1S/C15H13NO2/c16-14(15(17)18)10-5-6-13-11(8-10)7-9-3-1-2-4-12(9)13/h1-6,8,14H,7,16H2,(H,17,18)/t14-/m0/s1. The lowest BCUT2D eigenvalue weighted by Crippen LogP contribution is -2.20. The largest absolute Gasteiger partial charge is 0.480 e. The number of carboxylic acid groups (broad SMARTS) is 1. The van der Waals surface area contributed by atoms with Gasteiger partial charge in [0.2, 0.25) is 0 Å². The minimum Gasteiger partial charge on any atom is -0.480 e. The zero-order valence-corrected chi connectivity index (χ0v) is 9.76. The Labute approximate surface area is 105 Å². The van der Waals surface area contributed by atoms with Crippen LogP contribution in [-0.4, -0.2) is 11.1 Å². The van der Waals surface area contributed by atoms with Crippen LogP contribution in [0.5, 0.6) is 0 Å². The predicted octanol–water partition coefficient (Wildman–Crippen LogP) is 2.34. The molecule has 0 spiro atoms. The Bertz CT molecular complexity index is 634. The molecule has 3 heteroatoms. The monoisotopic (exact) mass is 239 g/mol. The van der Waals surface area contributed by atoms with Crippen LogP contribution in [0.2, 0.25) is 0 Å². The third-order valence-corrected chi connectivity index (χ3v) is 3.44. The van der Waals surface area contributed by atoms with Gasteiger partial charge < -0.3 is 10.8 Å². The molecule has 2 aromatic carbocycles. The van der Waals surface area contributed by atoms with Gasteiger partial charge in [0, 0.05) is 0 Å². The van der Waals surface area contributed by atoms with Crippen LogP contribution >= 0.6 is 0 Å². The fourth-order valence-corrected chi connectivity index (χ4v) is 2.50. The van der Waals surface area contributed by atoms with E-state index in [1.54, 1.807) is 6.07 Å². The van der Waals surface area contributed by atoms with Gasteiger partial charge in [0.15, 0.2) is 0 Å². The summed E-state index contributed by atoms with van der Waals surface area (Å²) in [5, 5.41) is 8.93. The molecule has 3 rings (SSSR count). The van der Waals surface area contributed by atoms with Crippen LogP contribution in [0.15, 0.2) is 42.5 Å². The van der Waals surface area contributed by atoms with Crippen molar-refractivity contribution in [3.63, 3.8) is 0 Å². The molecular formula is C15H13NO2. The molecule has 0 aliphatic heterocycles. The second-order valence-electron chi connectivity index (χ2n) is 4.57. The van der Waals surface area contributed by atoms with Gasteiger partial charge in [-0.1, -0.05) is 42.5 Å². The van der Waals surface area contributed by atoms with E-state index < -0.39 is 12.0 Å². The molecule has 90 valence electrons. The van der Waals surface area contributed by atoms with Crippen molar-refractivity contribution < 1.29 is 9.90 Å². The minimum atomic E-state index is -0.995. The summed E-state index contributed by atoms with van der Waals surface area (Å²) in [7, 11) is 0. The summed E-state index contributed by atoms with van der Waals surface area (Å²) in [6.07, 6.45) is 0.853. The summed E-state index contributed by atoms with van der Waals surface area (Å²) >= 11 is 0. The first-order valence-corrected chi connectivity index (χ1v) is 5.86. The van der Waals surface area contributed by atoms with E-state index in [1.165, 1.54) is 16.7 Å². The zero-order valence-electron chi connectivity index (χ0n) is 9.76. The van der Waals surface area contributed by atoms with E-state index in [9.17, 15) is 4.79 Å². The number of benzene rings is 2. The summed E-state index contributed by atoms with van der Waals surface area (Å²) in [6.45, 7) is 0. The number of aliphatic carboxylic acids is 1. The second-order valence-corrected chi connectivity index (χ2v) is 4.57. The topological polar surface area (TPSA) is 63.3 Å². The number of carbonyl (C=O) groups is 1. The van der Waals surface area contributed by atoms with Crippen LogP contribution in [0, 0.1) is 0 Å². The average molecular weight is 239 g/mol. The van der Waals surface area contributed by atoms with Gasteiger partial charge in [-0.15, -0.1) is 0 Å². The molecule has 0 bridgehead atoms.